The number of carbonyl (C=O) groups is 2. The lowest BCUT2D eigenvalue weighted by molar-refractivity contribution is -0.143. The van der Waals surface area contributed by atoms with Gasteiger partial charge in [-0.15, -0.1) is 0 Å². The standard InChI is InChI=1S/C24H36N2O5/c1-5-29-22(27)15-20(17-9-10-17)18-11-12-25-21(14-18)30-16-19-8-6-7-13-26(19)23(28)31-24(2,3)4/h11-12,14,17,19-20H,5-10,13,15-16H2,1-4H3. The Morgan fingerprint density at radius 2 is 2.00 bits per heavy atom. The molecule has 0 radical (unpaired) electrons. The van der Waals surface area contributed by atoms with Crippen LogP contribution in [0.4, 0.5) is 4.79 Å². The zero-order chi connectivity index (χ0) is 22.4. The van der Waals surface area contributed by atoms with Crippen LogP contribution < -0.4 is 4.74 Å². The van der Waals surface area contributed by atoms with E-state index in [1.165, 1.54) is 0 Å². The Labute approximate surface area is 185 Å². The van der Waals surface area contributed by atoms with Crippen LogP contribution in [-0.2, 0) is 14.3 Å². The van der Waals surface area contributed by atoms with Crippen molar-refractivity contribution in [2.75, 3.05) is 19.8 Å². The average molecular weight is 433 g/mol. The molecule has 1 aliphatic heterocycles. The molecule has 1 amide bonds. The Morgan fingerprint density at radius 1 is 1.23 bits per heavy atom. The second-order valence-electron chi connectivity index (χ2n) is 9.51. The Morgan fingerprint density at radius 3 is 2.68 bits per heavy atom. The van der Waals surface area contributed by atoms with E-state index in [0.717, 1.165) is 37.7 Å². The van der Waals surface area contributed by atoms with E-state index in [1.807, 2.05) is 39.8 Å². The maximum absolute atomic E-state index is 12.6. The van der Waals surface area contributed by atoms with Crippen LogP contribution in [0, 0.1) is 5.92 Å². The van der Waals surface area contributed by atoms with E-state index in [4.69, 9.17) is 14.2 Å². The number of carbonyl (C=O) groups excluding carboxylic acids is 2. The highest BCUT2D eigenvalue weighted by molar-refractivity contribution is 5.70. The molecular formula is C24H36N2O5. The van der Waals surface area contributed by atoms with Gasteiger partial charge in [-0.3, -0.25) is 4.79 Å². The Kier molecular flexibility index (Phi) is 7.79. The molecule has 2 fully saturated rings. The third-order valence-electron chi connectivity index (χ3n) is 5.75. The first-order valence-electron chi connectivity index (χ1n) is 11.5. The summed E-state index contributed by atoms with van der Waals surface area (Å²) >= 11 is 0. The molecule has 31 heavy (non-hydrogen) atoms. The summed E-state index contributed by atoms with van der Waals surface area (Å²) in [4.78, 5) is 30.8. The number of nitrogens with zero attached hydrogens (tertiary/aromatic N) is 2. The van der Waals surface area contributed by atoms with Crippen LogP contribution in [0.3, 0.4) is 0 Å². The van der Waals surface area contributed by atoms with Crippen LogP contribution >= 0.6 is 0 Å². The number of amides is 1. The number of ether oxygens (including phenoxy) is 3. The van der Waals surface area contributed by atoms with Crippen molar-refractivity contribution in [2.24, 2.45) is 5.92 Å². The molecule has 0 aromatic carbocycles. The highest BCUT2D eigenvalue weighted by atomic mass is 16.6. The number of aromatic nitrogens is 1. The highest BCUT2D eigenvalue weighted by Gasteiger charge is 2.35. The van der Waals surface area contributed by atoms with Gasteiger partial charge in [0.2, 0.25) is 5.88 Å². The number of rotatable bonds is 8. The van der Waals surface area contributed by atoms with Crippen LogP contribution in [0.5, 0.6) is 5.88 Å². The van der Waals surface area contributed by atoms with Gasteiger partial charge in [0.1, 0.15) is 12.2 Å². The van der Waals surface area contributed by atoms with Gasteiger partial charge in [0, 0.05) is 18.8 Å². The van der Waals surface area contributed by atoms with Crippen molar-refractivity contribution < 1.29 is 23.8 Å². The second kappa shape index (κ2) is 10.3. The molecule has 1 aromatic rings. The maximum atomic E-state index is 12.6. The number of hydrogen-bond donors (Lipinski definition) is 0. The topological polar surface area (TPSA) is 78.0 Å². The van der Waals surface area contributed by atoms with Crippen LogP contribution in [0.2, 0.25) is 0 Å². The molecule has 172 valence electrons. The lowest BCUT2D eigenvalue weighted by Crippen LogP contribution is -2.48. The normalized spacial score (nSPS) is 20.1. The fourth-order valence-corrected chi connectivity index (χ4v) is 4.11. The maximum Gasteiger partial charge on any atom is 0.410 e. The van der Waals surface area contributed by atoms with Gasteiger partial charge in [-0.2, -0.15) is 0 Å². The Bertz CT molecular complexity index is 757. The predicted octanol–water partition coefficient (Wildman–Crippen LogP) is 4.70. The molecule has 3 rings (SSSR count). The number of esters is 1. The summed E-state index contributed by atoms with van der Waals surface area (Å²) in [6.45, 7) is 8.92. The molecule has 1 aromatic heterocycles. The summed E-state index contributed by atoms with van der Waals surface area (Å²) in [5, 5.41) is 0. The van der Waals surface area contributed by atoms with E-state index < -0.39 is 5.60 Å². The van der Waals surface area contributed by atoms with Gasteiger partial charge in [-0.25, -0.2) is 9.78 Å². The molecular weight excluding hydrogens is 396 g/mol. The monoisotopic (exact) mass is 432 g/mol. The van der Waals surface area contributed by atoms with Crippen molar-refractivity contribution in [3.05, 3.63) is 23.9 Å². The summed E-state index contributed by atoms with van der Waals surface area (Å²) in [5.41, 5.74) is 0.542. The minimum absolute atomic E-state index is 0.0344. The Balaban J connectivity index is 1.63. The van der Waals surface area contributed by atoms with E-state index in [9.17, 15) is 9.59 Å². The summed E-state index contributed by atoms with van der Waals surface area (Å²) in [5.74, 6) is 1.02. The lowest BCUT2D eigenvalue weighted by atomic mass is 9.92. The molecule has 0 N–H and O–H groups in total. The third-order valence-corrected chi connectivity index (χ3v) is 5.75. The lowest BCUT2D eigenvalue weighted by Gasteiger charge is -2.36. The van der Waals surface area contributed by atoms with Crippen LogP contribution in [0.15, 0.2) is 18.3 Å². The van der Waals surface area contributed by atoms with Crippen LogP contribution in [0.1, 0.15) is 77.7 Å². The smallest absolute Gasteiger partial charge is 0.410 e. The number of likely N-dealkylation sites (tertiary alicyclic amines) is 1. The van der Waals surface area contributed by atoms with Crippen LogP contribution in [0.25, 0.3) is 0 Å². The summed E-state index contributed by atoms with van der Waals surface area (Å²) in [7, 11) is 0. The molecule has 2 unspecified atom stereocenters. The zero-order valence-electron chi connectivity index (χ0n) is 19.3. The molecule has 7 heteroatoms. The molecule has 2 aliphatic rings. The van der Waals surface area contributed by atoms with Gasteiger partial charge in [0.05, 0.1) is 19.1 Å². The second-order valence-corrected chi connectivity index (χ2v) is 9.51. The van der Waals surface area contributed by atoms with Crippen molar-refractivity contribution in [3.63, 3.8) is 0 Å². The predicted molar refractivity (Wildman–Crippen MR) is 117 cm³/mol. The summed E-state index contributed by atoms with van der Waals surface area (Å²) < 4.78 is 16.8. The Hall–Kier alpha value is -2.31. The van der Waals surface area contributed by atoms with E-state index in [0.29, 0.717) is 38.0 Å². The SMILES string of the molecule is CCOC(=O)CC(c1ccnc(OCC2CCCCN2C(=O)OC(C)(C)C)c1)C1CC1. The highest BCUT2D eigenvalue weighted by Crippen LogP contribution is 2.45. The van der Waals surface area contributed by atoms with Gasteiger partial charge in [0.15, 0.2) is 0 Å². The summed E-state index contributed by atoms with van der Waals surface area (Å²) in [6.07, 6.45) is 7.02. The summed E-state index contributed by atoms with van der Waals surface area (Å²) in [6, 6.07) is 3.86. The number of pyridine rings is 1. The van der Waals surface area contributed by atoms with E-state index in [-0.39, 0.29) is 24.0 Å². The van der Waals surface area contributed by atoms with Gasteiger partial charge in [-0.1, -0.05) is 0 Å². The quantitative estimate of drug-likeness (QED) is 0.554. The van der Waals surface area contributed by atoms with Gasteiger partial charge >= 0.3 is 12.1 Å². The average Bonchev–Trinajstić information content (AvgIpc) is 3.55. The fourth-order valence-electron chi connectivity index (χ4n) is 4.11. The number of hydrogen-bond acceptors (Lipinski definition) is 6. The van der Waals surface area contributed by atoms with Gasteiger partial charge in [-0.05, 0) is 83.3 Å². The molecule has 7 nitrogen and oxygen atoms in total. The minimum atomic E-state index is -0.521. The minimum Gasteiger partial charge on any atom is -0.475 e. The third kappa shape index (κ3) is 7.11. The van der Waals surface area contributed by atoms with Gasteiger partial charge in [0.25, 0.3) is 0 Å². The molecule has 1 saturated carbocycles. The van der Waals surface area contributed by atoms with Crippen molar-refractivity contribution in [1.82, 2.24) is 9.88 Å². The molecule has 2 atom stereocenters. The van der Waals surface area contributed by atoms with Crippen molar-refractivity contribution in [2.45, 2.75) is 83.8 Å². The fraction of sp³-hybridized carbons (Fsp3) is 0.708. The molecule has 0 spiro atoms. The molecule has 2 heterocycles. The van der Waals surface area contributed by atoms with Crippen molar-refractivity contribution in [1.29, 1.82) is 0 Å². The van der Waals surface area contributed by atoms with E-state index >= 15 is 0 Å². The number of piperidine rings is 1. The van der Waals surface area contributed by atoms with Crippen molar-refractivity contribution >= 4 is 12.1 Å². The first-order valence-corrected chi connectivity index (χ1v) is 11.5. The first kappa shape index (κ1) is 23.4. The van der Waals surface area contributed by atoms with Crippen LogP contribution in [-0.4, -0.2) is 53.3 Å². The van der Waals surface area contributed by atoms with Crippen molar-refractivity contribution in [3.8, 4) is 5.88 Å². The largest absolute Gasteiger partial charge is 0.475 e. The molecule has 0 bridgehead atoms. The zero-order valence-corrected chi connectivity index (χ0v) is 19.3. The first-order chi connectivity index (χ1) is 14.8. The van der Waals surface area contributed by atoms with E-state index in [1.54, 1.807) is 11.1 Å². The van der Waals surface area contributed by atoms with E-state index in [2.05, 4.69) is 4.98 Å². The molecule has 1 saturated heterocycles. The van der Waals surface area contributed by atoms with Gasteiger partial charge < -0.3 is 19.1 Å². The molecule has 1 aliphatic carbocycles.